The maximum absolute atomic E-state index is 13.0. The van der Waals surface area contributed by atoms with Crippen LogP contribution in [0.4, 0.5) is 4.39 Å². The molecule has 1 aromatic heterocycles. The fourth-order valence-corrected chi connectivity index (χ4v) is 4.24. The minimum Gasteiger partial charge on any atom is -0.480 e. The van der Waals surface area contributed by atoms with Crippen molar-refractivity contribution in [3.8, 4) is 0 Å². The highest BCUT2D eigenvalue weighted by atomic mass is 32.1. The monoisotopic (exact) mass is 390 g/mol. The van der Waals surface area contributed by atoms with E-state index in [1.807, 2.05) is 5.38 Å². The zero-order valence-electron chi connectivity index (χ0n) is 15.2. The average Bonchev–Trinajstić information content (AvgIpc) is 3.05. The molecule has 1 saturated carbocycles. The first kappa shape index (κ1) is 19.5. The number of aliphatic carboxylic acids is 1. The topological polar surface area (TPSA) is 79.3 Å². The van der Waals surface area contributed by atoms with Gasteiger partial charge in [0.15, 0.2) is 0 Å². The van der Waals surface area contributed by atoms with Gasteiger partial charge in [-0.1, -0.05) is 19.1 Å². The molecular weight excluding hydrogens is 367 g/mol. The van der Waals surface area contributed by atoms with E-state index in [2.05, 4.69) is 17.2 Å². The number of rotatable bonds is 6. The molecule has 0 aliphatic heterocycles. The highest BCUT2D eigenvalue weighted by Crippen LogP contribution is 2.32. The van der Waals surface area contributed by atoms with Crippen molar-refractivity contribution in [1.29, 1.82) is 0 Å². The Kier molecular flexibility index (Phi) is 5.89. The lowest BCUT2D eigenvalue weighted by molar-refractivity contribution is -0.149. The molecule has 7 heteroatoms. The van der Waals surface area contributed by atoms with E-state index in [1.165, 1.54) is 23.5 Å². The van der Waals surface area contributed by atoms with Gasteiger partial charge in [0.2, 0.25) is 5.91 Å². The molecule has 0 bridgehead atoms. The number of nitrogens with zero attached hydrogens (tertiary/aromatic N) is 1. The van der Waals surface area contributed by atoms with Gasteiger partial charge in [-0.2, -0.15) is 0 Å². The molecule has 0 radical (unpaired) electrons. The van der Waals surface area contributed by atoms with Crippen molar-refractivity contribution in [2.45, 2.75) is 51.0 Å². The second kappa shape index (κ2) is 8.17. The van der Waals surface area contributed by atoms with Gasteiger partial charge in [-0.3, -0.25) is 4.79 Å². The second-order valence-electron chi connectivity index (χ2n) is 7.33. The largest absolute Gasteiger partial charge is 0.480 e. The summed E-state index contributed by atoms with van der Waals surface area (Å²) in [6.07, 6.45) is 3.15. The molecule has 27 heavy (non-hydrogen) atoms. The van der Waals surface area contributed by atoms with Crippen LogP contribution < -0.4 is 5.32 Å². The van der Waals surface area contributed by atoms with E-state index in [1.54, 1.807) is 12.1 Å². The van der Waals surface area contributed by atoms with E-state index in [0.29, 0.717) is 30.9 Å². The number of aromatic nitrogens is 1. The molecule has 2 N–H and O–H groups in total. The van der Waals surface area contributed by atoms with Gasteiger partial charge in [-0.15, -0.1) is 11.3 Å². The van der Waals surface area contributed by atoms with E-state index in [-0.39, 0.29) is 18.1 Å². The molecule has 1 heterocycles. The first-order chi connectivity index (χ1) is 12.9. The summed E-state index contributed by atoms with van der Waals surface area (Å²) >= 11 is 1.44. The lowest BCUT2D eigenvalue weighted by Crippen LogP contribution is -2.56. The smallest absolute Gasteiger partial charge is 0.329 e. The van der Waals surface area contributed by atoms with E-state index in [9.17, 15) is 19.1 Å². The fourth-order valence-electron chi connectivity index (χ4n) is 3.41. The first-order valence-corrected chi connectivity index (χ1v) is 9.96. The molecule has 1 fully saturated rings. The third kappa shape index (κ3) is 4.91. The zero-order chi connectivity index (χ0) is 19.4. The van der Waals surface area contributed by atoms with Crippen molar-refractivity contribution in [3.05, 3.63) is 51.7 Å². The first-order valence-electron chi connectivity index (χ1n) is 9.08. The number of benzene rings is 1. The Labute approximate surface area is 161 Å². The lowest BCUT2D eigenvalue weighted by atomic mass is 9.77. The molecule has 2 aromatic rings. The Morgan fingerprint density at radius 1 is 1.30 bits per heavy atom. The number of hydrogen-bond acceptors (Lipinski definition) is 4. The maximum Gasteiger partial charge on any atom is 0.329 e. The third-order valence-electron chi connectivity index (χ3n) is 5.13. The van der Waals surface area contributed by atoms with E-state index < -0.39 is 11.5 Å². The van der Waals surface area contributed by atoms with E-state index >= 15 is 0 Å². The number of halogens is 1. The number of carbonyl (C=O) groups is 2. The molecule has 1 aliphatic rings. The van der Waals surface area contributed by atoms with Crippen LogP contribution in [0.1, 0.15) is 48.9 Å². The van der Waals surface area contributed by atoms with Gasteiger partial charge < -0.3 is 10.4 Å². The summed E-state index contributed by atoms with van der Waals surface area (Å²) in [6, 6.07) is 6.24. The zero-order valence-corrected chi connectivity index (χ0v) is 16.0. The van der Waals surface area contributed by atoms with Gasteiger partial charge >= 0.3 is 5.97 Å². The molecule has 144 valence electrons. The van der Waals surface area contributed by atoms with Gasteiger partial charge in [0.25, 0.3) is 0 Å². The highest BCUT2D eigenvalue weighted by molar-refractivity contribution is 7.09. The van der Waals surface area contributed by atoms with Crippen molar-refractivity contribution in [2.24, 2.45) is 5.92 Å². The van der Waals surface area contributed by atoms with Crippen molar-refractivity contribution < 1.29 is 19.1 Å². The van der Waals surface area contributed by atoms with Gasteiger partial charge in [-0.25, -0.2) is 14.2 Å². The normalized spacial score (nSPS) is 22.4. The number of nitrogens with one attached hydrogen (secondary N) is 1. The van der Waals surface area contributed by atoms with Crippen LogP contribution >= 0.6 is 11.3 Å². The predicted molar refractivity (Wildman–Crippen MR) is 101 cm³/mol. The molecule has 0 atom stereocenters. The van der Waals surface area contributed by atoms with Crippen molar-refractivity contribution in [1.82, 2.24) is 10.3 Å². The molecule has 1 aromatic carbocycles. The minimum absolute atomic E-state index is 0.0600. The fraction of sp³-hybridized carbons (Fsp3) is 0.450. The van der Waals surface area contributed by atoms with Crippen LogP contribution in [0.3, 0.4) is 0 Å². The van der Waals surface area contributed by atoms with Crippen LogP contribution in [0.25, 0.3) is 0 Å². The van der Waals surface area contributed by atoms with E-state index in [4.69, 9.17) is 0 Å². The SMILES string of the molecule is CC1CCC(NC(=O)Cc2csc(Cc3ccc(F)cc3)n2)(C(=O)O)CC1. The Morgan fingerprint density at radius 3 is 2.59 bits per heavy atom. The summed E-state index contributed by atoms with van der Waals surface area (Å²) in [4.78, 5) is 28.6. The summed E-state index contributed by atoms with van der Waals surface area (Å²) in [7, 11) is 0. The van der Waals surface area contributed by atoms with Crippen molar-refractivity contribution >= 4 is 23.2 Å². The van der Waals surface area contributed by atoms with Gasteiger partial charge in [-0.05, 0) is 49.3 Å². The Hall–Kier alpha value is -2.28. The molecule has 0 saturated heterocycles. The van der Waals surface area contributed by atoms with Crippen LogP contribution in [0, 0.1) is 11.7 Å². The van der Waals surface area contributed by atoms with Gasteiger partial charge in [0.1, 0.15) is 11.4 Å². The molecule has 3 rings (SSSR count). The number of hydrogen-bond donors (Lipinski definition) is 2. The quantitative estimate of drug-likeness (QED) is 0.790. The van der Waals surface area contributed by atoms with Crippen LogP contribution in [0.2, 0.25) is 0 Å². The Morgan fingerprint density at radius 2 is 1.96 bits per heavy atom. The Bertz CT molecular complexity index is 811. The molecule has 1 aliphatic carbocycles. The van der Waals surface area contributed by atoms with Crippen LogP contribution in [0.5, 0.6) is 0 Å². The van der Waals surface area contributed by atoms with Gasteiger partial charge in [0.05, 0.1) is 17.1 Å². The predicted octanol–water partition coefficient (Wildman–Crippen LogP) is 3.57. The Balaban J connectivity index is 1.60. The molecule has 0 unspecified atom stereocenters. The summed E-state index contributed by atoms with van der Waals surface area (Å²) in [6.45, 7) is 2.10. The van der Waals surface area contributed by atoms with Crippen LogP contribution in [-0.2, 0) is 22.4 Å². The van der Waals surface area contributed by atoms with Crippen LogP contribution in [0.15, 0.2) is 29.6 Å². The highest BCUT2D eigenvalue weighted by Gasteiger charge is 2.42. The molecule has 1 amide bonds. The number of carboxylic acid groups (broad SMARTS) is 1. The van der Waals surface area contributed by atoms with Gasteiger partial charge in [0, 0.05) is 11.8 Å². The lowest BCUT2D eigenvalue weighted by Gasteiger charge is -2.36. The summed E-state index contributed by atoms with van der Waals surface area (Å²) in [5, 5.41) is 15.0. The summed E-state index contributed by atoms with van der Waals surface area (Å²) in [5.74, 6) is -1.06. The van der Waals surface area contributed by atoms with E-state index in [0.717, 1.165) is 23.4 Å². The molecular formula is C20H23FN2O3S. The second-order valence-corrected chi connectivity index (χ2v) is 8.27. The van der Waals surface area contributed by atoms with Crippen molar-refractivity contribution in [3.63, 3.8) is 0 Å². The third-order valence-corrected chi connectivity index (χ3v) is 6.02. The number of thiazole rings is 1. The van der Waals surface area contributed by atoms with Crippen molar-refractivity contribution in [2.75, 3.05) is 0 Å². The standard InChI is InChI=1S/C20H23FN2O3S/c1-13-6-8-20(9-7-13,19(25)26)23-17(24)11-16-12-27-18(22-16)10-14-2-4-15(21)5-3-14/h2-5,12-13H,6-11H2,1H3,(H,23,24)(H,25,26). The maximum atomic E-state index is 13.0. The van der Waals surface area contributed by atoms with Crippen LogP contribution in [-0.4, -0.2) is 27.5 Å². The molecule has 5 nitrogen and oxygen atoms in total. The summed E-state index contributed by atoms with van der Waals surface area (Å²) in [5.41, 5.74) is 0.415. The molecule has 0 spiro atoms. The minimum atomic E-state index is -1.16. The summed E-state index contributed by atoms with van der Waals surface area (Å²) < 4.78 is 13.0. The number of carbonyl (C=O) groups excluding carboxylic acids is 1. The number of amides is 1. The number of carboxylic acids is 1. The average molecular weight is 390 g/mol.